The summed E-state index contributed by atoms with van der Waals surface area (Å²) in [4.78, 5) is 0. The minimum absolute atomic E-state index is 0. The monoisotopic (exact) mass is 173 g/mol. The molecule has 12 heavy (non-hydrogen) atoms. The van der Waals surface area contributed by atoms with Gasteiger partial charge in [0.25, 0.3) is 0 Å². The third-order valence-corrected chi connectivity index (χ3v) is 2.28. The molecular formula is C11H27N. The van der Waals surface area contributed by atoms with Gasteiger partial charge in [-0.3, -0.25) is 0 Å². The molecule has 0 aliphatic rings. The van der Waals surface area contributed by atoms with Crippen LogP contribution in [0.1, 0.15) is 59.7 Å². The molecule has 0 fully saturated rings. The van der Waals surface area contributed by atoms with Crippen molar-refractivity contribution in [2.75, 3.05) is 13.6 Å². The Morgan fingerprint density at radius 2 is 1.33 bits per heavy atom. The van der Waals surface area contributed by atoms with Crippen molar-refractivity contribution in [3.8, 4) is 0 Å². The van der Waals surface area contributed by atoms with Gasteiger partial charge in [-0.05, 0) is 20.0 Å². The van der Waals surface area contributed by atoms with Gasteiger partial charge in [0.05, 0.1) is 0 Å². The molecule has 0 unspecified atom stereocenters. The van der Waals surface area contributed by atoms with E-state index < -0.39 is 0 Å². The molecule has 0 spiro atoms. The molecule has 1 N–H and O–H groups in total. The first-order chi connectivity index (χ1) is 5.91. The zero-order valence-corrected chi connectivity index (χ0v) is 8.86. The SMILES string of the molecule is CCCCCCCCCCNC.[HH]. The molecule has 1 nitrogen and oxygen atoms in total. The Balaban J connectivity index is 0. The van der Waals surface area contributed by atoms with Gasteiger partial charge in [0.1, 0.15) is 0 Å². The molecule has 0 atom stereocenters. The summed E-state index contributed by atoms with van der Waals surface area (Å²) < 4.78 is 0. The van der Waals surface area contributed by atoms with Crippen LogP contribution in [-0.2, 0) is 0 Å². The van der Waals surface area contributed by atoms with E-state index in [-0.39, 0.29) is 1.43 Å². The van der Waals surface area contributed by atoms with E-state index in [0.29, 0.717) is 0 Å². The second-order valence-electron chi connectivity index (χ2n) is 3.58. The van der Waals surface area contributed by atoms with Crippen LogP contribution in [0.5, 0.6) is 0 Å². The van der Waals surface area contributed by atoms with Gasteiger partial charge >= 0.3 is 0 Å². The Kier molecular flexibility index (Phi) is 10.9. The smallest absolute Gasteiger partial charge is 0 e. The van der Waals surface area contributed by atoms with Crippen LogP contribution in [0, 0.1) is 0 Å². The van der Waals surface area contributed by atoms with Gasteiger partial charge in [0.2, 0.25) is 0 Å². The first-order valence-corrected chi connectivity index (χ1v) is 5.56. The van der Waals surface area contributed by atoms with Crippen LogP contribution in [-0.4, -0.2) is 13.6 Å². The highest BCUT2D eigenvalue weighted by atomic mass is 14.8. The van der Waals surface area contributed by atoms with Gasteiger partial charge in [-0.25, -0.2) is 0 Å². The van der Waals surface area contributed by atoms with E-state index in [4.69, 9.17) is 0 Å². The van der Waals surface area contributed by atoms with Crippen LogP contribution in [0.25, 0.3) is 0 Å². The zero-order chi connectivity index (χ0) is 9.07. The summed E-state index contributed by atoms with van der Waals surface area (Å²) in [5, 5.41) is 3.18. The Morgan fingerprint density at radius 3 is 1.83 bits per heavy atom. The lowest BCUT2D eigenvalue weighted by Crippen LogP contribution is -2.06. The first kappa shape index (κ1) is 12.0. The van der Waals surface area contributed by atoms with E-state index in [1.165, 1.54) is 57.9 Å². The van der Waals surface area contributed by atoms with E-state index in [0.717, 1.165) is 0 Å². The van der Waals surface area contributed by atoms with E-state index in [1.807, 2.05) is 7.05 Å². The van der Waals surface area contributed by atoms with Crippen molar-refractivity contribution in [1.29, 1.82) is 0 Å². The molecule has 76 valence electrons. The minimum Gasteiger partial charge on any atom is -0.320 e. The van der Waals surface area contributed by atoms with E-state index in [1.54, 1.807) is 0 Å². The van der Waals surface area contributed by atoms with Crippen LogP contribution < -0.4 is 5.32 Å². The van der Waals surface area contributed by atoms with Crippen LogP contribution in [0.3, 0.4) is 0 Å². The molecular weight excluding hydrogens is 146 g/mol. The van der Waals surface area contributed by atoms with Crippen molar-refractivity contribution in [3.63, 3.8) is 0 Å². The van der Waals surface area contributed by atoms with Crippen molar-refractivity contribution in [1.82, 2.24) is 5.32 Å². The number of hydrogen-bond donors (Lipinski definition) is 1. The highest BCUT2D eigenvalue weighted by Crippen LogP contribution is 2.07. The Labute approximate surface area is 79.4 Å². The van der Waals surface area contributed by atoms with Crippen LogP contribution in [0.2, 0.25) is 0 Å². The molecule has 0 aromatic rings. The standard InChI is InChI=1S/C11H25N.H2/c1-3-4-5-6-7-8-9-10-11-12-2;/h12H,3-11H2,1-2H3;1H. The number of nitrogens with one attached hydrogen (secondary N) is 1. The molecule has 0 aromatic heterocycles. The molecule has 0 heterocycles. The summed E-state index contributed by atoms with van der Waals surface area (Å²) in [5.41, 5.74) is 0. The van der Waals surface area contributed by atoms with E-state index >= 15 is 0 Å². The lowest BCUT2D eigenvalue weighted by Gasteiger charge is -2.00. The molecule has 0 aliphatic carbocycles. The normalized spacial score (nSPS) is 10.5. The molecule has 0 aromatic carbocycles. The molecule has 0 saturated carbocycles. The van der Waals surface area contributed by atoms with Gasteiger partial charge in [0, 0.05) is 1.43 Å². The summed E-state index contributed by atoms with van der Waals surface area (Å²) in [6.45, 7) is 3.46. The average Bonchev–Trinajstić information content (AvgIpc) is 2.10. The molecule has 0 rings (SSSR count). The first-order valence-electron chi connectivity index (χ1n) is 5.56. The van der Waals surface area contributed by atoms with Gasteiger partial charge in [-0.2, -0.15) is 0 Å². The number of unbranched alkanes of at least 4 members (excludes halogenated alkanes) is 7. The van der Waals surface area contributed by atoms with Crippen molar-refractivity contribution in [2.45, 2.75) is 58.3 Å². The van der Waals surface area contributed by atoms with E-state index in [9.17, 15) is 0 Å². The highest BCUT2D eigenvalue weighted by Gasteiger charge is 1.89. The summed E-state index contributed by atoms with van der Waals surface area (Å²) in [6, 6.07) is 0. The number of hydrogen-bond acceptors (Lipinski definition) is 1. The Bertz CT molecular complexity index is 66.5. The fourth-order valence-electron chi connectivity index (χ4n) is 1.44. The number of rotatable bonds is 9. The second kappa shape index (κ2) is 11.0. The Morgan fingerprint density at radius 1 is 0.833 bits per heavy atom. The fraction of sp³-hybridized carbons (Fsp3) is 1.00. The second-order valence-corrected chi connectivity index (χ2v) is 3.58. The third-order valence-electron chi connectivity index (χ3n) is 2.28. The van der Waals surface area contributed by atoms with Crippen molar-refractivity contribution < 1.29 is 1.43 Å². The van der Waals surface area contributed by atoms with Crippen LogP contribution in [0.4, 0.5) is 0 Å². The van der Waals surface area contributed by atoms with Crippen LogP contribution in [0.15, 0.2) is 0 Å². The minimum atomic E-state index is 0. The van der Waals surface area contributed by atoms with Crippen molar-refractivity contribution >= 4 is 0 Å². The van der Waals surface area contributed by atoms with Gasteiger partial charge in [-0.15, -0.1) is 0 Å². The average molecular weight is 173 g/mol. The fourth-order valence-corrected chi connectivity index (χ4v) is 1.44. The molecule has 0 amide bonds. The maximum absolute atomic E-state index is 3.18. The molecule has 1 heteroatoms. The quantitative estimate of drug-likeness (QED) is 0.525. The summed E-state index contributed by atoms with van der Waals surface area (Å²) >= 11 is 0. The van der Waals surface area contributed by atoms with Gasteiger partial charge in [0.15, 0.2) is 0 Å². The summed E-state index contributed by atoms with van der Waals surface area (Å²) in [6.07, 6.45) is 11.3. The zero-order valence-electron chi connectivity index (χ0n) is 8.86. The van der Waals surface area contributed by atoms with Crippen LogP contribution >= 0.6 is 0 Å². The maximum Gasteiger partial charge on any atom is 0 e. The molecule has 0 radical (unpaired) electrons. The lowest BCUT2D eigenvalue weighted by atomic mass is 10.1. The molecule has 0 saturated heterocycles. The maximum atomic E-state index is 3.18. The summed E-state index contributed by atoms with van der Waals surface area (Å²) in [5.74, 6) is 0. The third kappa shape index (κ3) is 9.96. The van der Waals surface area contributed by atoms with E-state index in [2.05, 4.69) is 12.2 Å². The lowest BCUT2D eigenvalue weighted by molar-refractivity contribution is 0.567. The van der Waals surface area contributed by atoms with Gasteiger partial charge in [-0.1, -0.05) is 51.9 Å². The molecule has 0 aliphatic heterocycles. The van der Waals surface area contributed by atoms with Gasteiger partial charge < -0.3 is 5.32 Å². The molecule has 0 bridgehead atoms. The topological polar surface area (TPSA) is 12.0 Å². The largest absolute Gasteiger partial charge is 0.320 e. The predicted molar refractivity (Wildman–Crippen MR) is 58.7 cm³/mol. The predicted octanol–water partition coefficient (Wildman–Crippen LogP) is 3.59. The Hall–Kier alpha value is -0.0400. The van der Waals surface area contributed by atoms with Crippen molar-refractivity contribution in [3.05, 3.63) is 0 Å². The van der Waals surface area contributed by atoms with Crippen molar-refractivity contribution in [2.24, 2.45) is 0 Å². The highest BCUT2D eigenvalue weighted by molar-refractivity contribution is 4.46. The summed E-state index contributed by atoms with van der Waals surface area (Å²) in [7, 11) is 2.03.